The van der Waals surface area contributed by atoms with E-state index in [9.17, 15) is 0 Å². The normalized spacial score (nSPS) is 14.2. The lowest BCUT2D eigenvalue weighted by molar-refractivity contribution is 0.271. The molecule has 2 aromatic heterocycles. The van der Waals surface area contributed by atoms with E-state index in [2.05, 4.69) is 60.4 Å². The van der Waals surface area contributed by atoms with Crippen LogP contribution >= 0.6 is 11.6 Å². The molecule has 37 heavy (non-hydrogen) atoms. The molecule has 194 valence electrons. The smallest absolute Gasteiger partial charge is 0.224 e. The van der Waals surface area contributed by atoms with Crippen LogP contribution in [0.15, 0.2) is 42.5 Å². The second-order valence-electron chi connectivity index (χ2n) is 9.09. The number of ether oxygens (including phenoxy) is 2. The van der Waals surface area contributed by atoms with E-state index in [1.165, 1.54) is 0 Å². The van der Waals surface area contributed by atoms with E-state index in [1.54, 1.807) is 14.2 Å². The number of anilines is 3. The first-order valence-electron chi connectivity index (χ1n) is 12.5. The molecule has 0 radical (unpaired) electrons. The molecule has 0 atom stereocenters. The highest BCUT2D eigenvalue weighted by molar-refractivity contribution is 6.28. The lowest BCUT2D eigenvalue weighted by Crippen LogP contribution is -2.46. The molecule has 1 saturated heterocycles. The van der Waals surface area contributed by atoms with E-state index in [-0.39, 0.29) is 5.28 Å². The van der Waals surface area contributed by atoms with Crippen LogP contribution in [0.3, 0.4) is 0 Å². The fraction of sp³-hybridized carbons (Fsp3) is 0.370. The van der Waals surface area contributed by atoms with E-state index in [0.717, 1.165) is 84.9 Å². The van der Waals surface area contributed by atoms with E-state index in [0.29, 0.717) is 11.6 Å². The number of hydrogen-bond donors (Lipinski definition) is 2. The average molecular weight is 522 g/mol. The predicted octanol–water partition coefficient (Wildman–Crippen LogP) is 4.69. The zero-order valence-corrected chi connectivity index (χ0v) is 22.2. The molecule has 0 amide bonds. The van der Waals surface area contributed by atoms with Crippen molar-refractivity contribution in [1.29, 1.82) is 0 Å². The molecule has 0 spiro atoms. The van der Waals surface area contributed by atoms with Crippen molar-refractivity contribution in [2.45, 2.75) is 19.8 Å². The standard InChI is InChI=1S/C27H32ClN7O2/c1-4-34-9-11-35(12-10-34)20-7-8-23-24(16-20)29-27(28)31-26(23)30-25-15-19(32-33-25)6-5-18-13-21(36-2)17-22(14-18)37-3/h7-8,13-17H,4-6,9-12H2,1-3H3,(H2,29,30,31,32,33). The molecule has 1 aliphatic rings. The van der Waals surface area contributed by atoms with Crippen molar-refractivity contribution in [2.24, 2.45) is 0 Å². The first kappa shape index (κ1) is 25.1. The molecule has 0 saturated carbocycles. The quantitative estimate of drug-likeness (QED) is 0.306. The molecule has 0 bridgehead atoms. The van der Waals surface area contributed by atoms with Crippen molar-refractivity contribution >= 4 is 39.8 Å². The number of piperazine rings is 1. The maximum atomic E-state index is 6.31. The lowest BCUT2D eigenvalue weighted by atomic mass is 10.1. The Morgan fingerprint density at radius 1 is 0.946 bits per heavy atom. The monoisotopic (exact) mass is 521 g/mol. The number of fused-ring (bicyclic) bond motifs is 1. The van der Waals surface area contributed by atoms with Gasteiger partial charge in [-0.1, -0.05) is 6.92 Å². The zero-order valence-electron chi connectivity index (χ0n) is 21.4. The Bertz CT molecular complexity index is 1350. The molecule has 0 aliphatic carbocycles. The van der Waals surface area contributed by atoms with Gasteiger partial charge in [-0.25, -0.2) is 4.98 Å². The third-order valence-electron chi connectivity index (χ3n) is 6.81. The Morgan fingerprint density at radius 2 is 1.70 bits per heavy atom. The molecule has 9 nitrogen and oxygen atoms in total. The highest BCUT2D eigenvalue weighted by Crippen LogP contribution is 2.29. The third-order valence-corrected chi connectivity index (χ3v) is 6.98. The summed E-state index contributed by atoms with van der Waals surface area (Å²) in [5, 5.41) is 12.0. The molecule has 2 aromatic carbocycles. The molecule has 10 heteroatoms. The van der Waals surface area contributed by atoms with Gasteiger partial charge in [0.1, 0.15) is 17.3 Å². The maximum absolute atomic E-state index is 6.31. The van der Waals surface area contributed by atoms with Crippen LogP contribution in [0.4, 0.5) is 17.3 Å². The van der Waals surface area contributed by atoms with E-state index in [1.807, 2.05) is 24.3 Å². The summed E-state index contributed by atoms with van der Waals surface area (Å²) >= 11 is 6.31. The van der Waals surface area contributed by atoms with Gasteiger partial charge in [0.15, 0.2) is 5.82 Å². The summed E-state index contributed by atoms with van der Waals surface area (Å²) in [4.78, 5) is 13.8. The van der Waals surface area contributed by atoms with Crippen LogP contribution in [0.1, 0.15) is 18.2 Å². The second-order valence-corrected chi connectivity index (χ2v) is 9.43. The van der Waals surface area contributed by atoms with Gasteiger partial charge in [-0.2, -0.15) is 10.1 Å². The summed E-state index contributed by atoms with van der Waals surface area (Å²) < 4.78 is 10.8. The zero-order chi connectivity index (χ0) is 25.8. The molecule has 1 aliphatic heterocycles. The highest BCUT2D eigenvalue weighted by Gasteiger charge is 2.17. The summed E-state index contributed by atoms with van der Waals surface area (Å²) in [6.45, 7) is 7.44. The van der Waals surface area contributed by atoms with Crippen molar-refractivity contribution in [3.05, 3.63) is 59.0 Å². The van der Waals surface area contributed by atoms with Crippen LogP contribution in [-0.2, 0) is 12.8 Å². The van der Waals surface area contributed by atoms with Crippen LogP contribution in [0, 0.1) is 0 Å². The maximum Gasteiger partial charge on any atom is 0.224 e. The summed E-state index contributed by atoms with van der Waals surface area (Å²) in [6.07, 6.45) is 1.59. The Balaban J connectivity index is 1.29. The van der Waals surface area contributed by atoms with E-state index < -0.39 is 0 Å². The van der Waals surface area contributed by atoms with Gasteiger partial charge in [0.05, 0.1) is 19.7 Å². The van der Waals surface area contributed by atoms with Crippen LogP contribution in [0.5, 0.6) is 11.5 Å². The molecule has 0 unspecified atom stereocenters. The number of hydrogen-bond acceptors (Lipinski definition) is 8. The Morgan fingerprint density at radius 3 is 2.41 bits per heavy atom. The van der Waals surface area contributed by atoms with Gasteiger partial charge in [-0.15, -0.1) is 0 Å². The highest BCUT2D eigenvalue weighted by atomic mass is 35.5. The first-order valence-corrected chi connectivity index (χ1v) is 12.9. The van der Waals surface area contributed by atoms with Gasteiger partial charge >= 0.3 is 0 Å². The number of aromatic amines is 1. The topological polar surface area (TPSA) is 91.4 Å². The molecular weight excluding hydrogens is 490 g/mol. The van der Waals surface area contributed by atoms with Gasteiger partial charge in [-0.3, -0.25) is 5.10 Å². The number of nitrogens with one attached hydrogen (secondary N) is 2. The minimum Gasteiger partial charge on any atom is -0.497 e. The number of halogens is 1. The number of benzene rings is 2. The number of methoxy groups -OCH3 is 2. The van der Waals surface area contributed by atoms with E-state index in [4.69, 9.17) is 21.1 Å². The first-order chi connectivity index (χ1) is 18.0. The van der Waals surface area contributed by atoms with Crippen molar-refractivity contribution < 1.29 is 9.47 Å². The largest absolute Gasteiger partial charge is 0.497 e. The van der Waals surface area contributed by atoms with Crippen LogP contribution in [0.25, 0.3) is 10.9 Å². The van der Waals surface area contributed by atoms with Gasteiger partial charge in [0.25, 0.3) is 0 Å². The molecule has 1 fully saturated rings. The van der Waals surface area contributed by atoms with Gasteiger partial charge in [-0.05, 0) is 66.9 Å². The van der Waals surface area contributed by atoms with Gasteiger partial charge in [0.2, 0.25) is 5.28 Å². The third kappa shape index (κ3) is 5.89. The summed E-state index contributed by atoms with van der Waals surface area (Å²) in [5.41, 5.74) is 4.09. The van der Waals surface area contributed by atoms with Gasteiger partial charge in [0, 0.05) is 55.1 Å². The van der Waals surface area contributed by atoms with Gasteiger partial charge < -0.3 is 24.6 Å². The Kier molecular flexibility index (Phi) is 7.62. The fourth-order valence-corrected chi connectivity index (χ4v) is 4.84. The molecule has 3 heterocycles. The second kappa shape index (κ2) is 11.2. The SMILES string of the molecule is CCN1CCN(c2ccc3c(Nc4cc(CCc5cc(OC)cc(OC)c5)[nH]n4)nc(Cl)nc3c2)CC1. The fourth-order valence-electron chi connectivity index (χ4n) is 4.67. The Labute approximate surface area is 221 Å². The van der Waals surface area contributed by atoms with Crippen molar-refractivity contribution in [3.8, 4) is 11.5 Å². The minimum absolute atomic E-state index is 0.200. The van der Waals surface area contributed by atoms with Crippen molar-refractivity contribution in [2.75, 3.05) is 57.2 Å². The molecule has 4 aromatic rings. The number of likely N-dealkylation sites (N-methyl/N-ethyl adjacent to an activating group) is 1. The van der Waals surface area contributed by atoms with Crippen molar-refractivity contribution in [1.82, 2.24) is 25.1 Å². The molecular formula is C27H32ClN7O2. The van der Waals surface area contributed by atoms with Crippen LogP contribution in [0.2, 0.25) is 5.28 Å². The number of nitrogens with zero attached hydrogens (tertiary/aromatic N) is 5. The number of rotatable bonds is 9. The number of aryl methyl sites for hydroxylation is 2. The summed E-state index contributed by atoms with van der Waals surface area (Å²) in [7, 11) is 3.31. The van der Waals surface area contributed by atoms with Crippen LogP contribution in [-0.4, -0.2) is 72.0 Å². The predicted molar refractivity (Wildman–Crippen MR) is 148 cm³/mol. The summed E-state index contributed by atoms with van der Waals surface area (Å²) in [5.74, 6) is 2.86. The molecule has 2 N–H and O–H groups in total. The van der Waals surface area contributed by atoms with Crippen molar-refractivity contribution in [3.63, 3.8) is 0 Å². The average Bonchev–Trinajstić information content (AvgIpc) is 3.38. The van der Waals surface area contributed by atoms with Crippen LogP contribution < -0.4 is 19.7 Å². The Hall–Kier alpha value is -3.56. The lowest BCUT2D eigenvalue weighted by Gasteiger charge is -2.35. The van der Waals surface area contributed by atoms with E-state index >= 15 is 0 Å². The summed E-state index contributed by atoms with van der Waals surface area (Å²) in [6, 6.07) is 14.2. The minimum atomic E-state index is 0.200. The number of aromatic nitrogens is 4. The number of H-pyrrole nitrogens is 1. The molecule has 5 rings (SSSR count).